The van der Waals surface area contributed by atoms with E-state index in [1.807, 2.05) is 0 Å². The Labute approximate surface area is 84.5 Å². The van der Waals surface area contributed by atoms with Crippen molar-refractivity contribution in [3.63, 3.8) is 0 Å². The van der Waals surface area contributed by atoms with Crippen LogP contribution < -0.4 is 5.73 Å². The Morgan fingerprint density at radius 3 is 2.67 bits per heavy atom. The quantitative estimate of drug-likeness (QED) is 0.776. The Hall–Kier alpha value is -1.49. The van der Waals surface area contributed by atoms with Crippen LogP contribution in [0.2, 0.25) is 0 Å². The van der Waals surface area contributed by atoms with E-state index in [1.54, 1.807) is 0 Å². The number of carboxylic acids is 1. The van der Waals surface area contributed by atoms with Gasteiger partial charge in [0.15, 0.2) is 0 Å². The zero-order valence-electron chi connectivity index (χ0n) is 7.71. The molecule has 3 N–H and O–H groups in total. The third kappa shape index (κ3) is 1.48. The van der Waals surface area contributed by atoms with E-state index in [2.05, 4.69) is 0 Å². The number of carboxylic acid groups (broad SMARTS) is 1. The molecule has 0 radical (unpaired) electrons. The van der Waals surface area contributed by atoms with E-state index in [4.69, 9.17) is 10.8 Å². The van der Waals surface area contributed by atoms with Crippen LogP contribution in [-0.2, 0) is 4.79 Å². The summed E-state index contributed by atoms with van der Waals surface area (Å²) < 4.78 is 25.9. The summed E-state index contributed by atoms with van der Waals surface area (Å²) in [6.45, 7) is 0. The van der Waals surface area contributed by atoms with Crippen molar-refractivity contribution in [2.45, 2.75) is 17.9 Å². The maximum Gasteiger partial charge on any atom is 0.324 e. The van der Waals surface area contributed by atoms with Crippen molar-refractivity contribution in [1.82, 2.24) is 0 Å². The van der Waals surface area contributed by atoms with E-state index in [1.165, 1.54) is 6.07 Å². The zero-order chi connectivity index (χ0) is 11.2. The molecule has 1 aromatic carbocycles. The fraction of sp³-hybridized carbons (Fsp3) is 0.300. The first-order chi connectivity index (χ1) is 6.95. The third-order valence-corrected chi connectivity index (χ3v) is 2.74. The lowest BCUT2D eigenvalue weighted by Gasteiger charge is -2.06. The molecule has 1 fully saturated rings. The van der Waals surface area contributed by atoms with Crippen molar-refractivity contribution in [2.24, 2.45) is 5.73 Å². The first kappa shape index (κ1) is 10.0. The number of hydrogen-bond donors (Lipinski definition) is 2. The van der Waals surface area contributed by atoms with Crippen LogP contribution in [-0.4, -0.2) is 16.6 Å². The number of hydrogen-bond acceptors (Lipinski definition) is 2. The van der Waals surface area contributed by atoms with Crippen LogP contribution in [0.15, 0.2) is 18.2 Å². The molecule has 0 heterocycles. The Balaban J connectivity index is 2.31. The van der Waals surface area contributed by atoms with E-state index >= 15 is 0 Å². The van der Waals surface area contributed by atoms with Gasteiger partial charge < -0.3 is 10.8 Å². The van der Waals surface area contributed by atoms with Crippen LogP contribution >= 0.6 is 0 Å². The predicted molar refractivity (Wildman–Crippen MR) is 48.3 cm³/mol. The van der Waals surface area contributed by atoms with Gasteiger partial charge in [0.1, 0.15) is 17.2 Å². The van der Waals surface area contributed by atoms with Gasteiger partial charge in [0, 0.05) is 12.0 Å². The molecule has 80 valence electrons. The second kappa shape index (κ2) is 3.00. The van der Waals surface area contributed by atoms with Crippen LogP contribution in [0.1, 0.15) is 17.9 Å². The van der Waals surface area contributed by atoms with Gasteiger partial charge in [-0.25, -0.2) is 8.78 Å². The van der Waals surface area contributed by atoms with Crippen LogP contribution in [0.4, 0.5) is 8.78 Å². The first-order valence-corrected chi connectivity index (χ1v) is 4.42. The summed E-state index contributed by atoms with van der Waals surface area (Å²) in [7, 11) is 0. The van der Waals surface area contributed by atoms with Gasteiger partial charge in [0.25, 0.3) is 0 Å². The molecule has 5 heteroatoms. The summed E-state index contributed by atoms with van der Waals surface area (Å²) in [5.74, 6) is -3.14. The van der Waals surface area contributed by atoms with Crippen molar-refractivity contribution >= 4 is 5.97 Å². The normalized spacial score (nSPS) is 28.9. The summed E-state index contributed by atoms with van der Waals surface area (Å²) in [6, 6.07) is 3.07. The highest BCUT2D eigenvalue weighted by molar-refractivity contribution is 5.84. The van der Waals surface area contributed by atoms with Gasteiger partial charge in [-0.3, -0.25) is 4.79 Å². The molecular weight excluding hydrogens is 204 g/mol. The molecule has 0 spiro atoms. The summed E-state index contributed by atoms with van der Waals surface area (Å²) in [5.41, 5.74) is 4.29. The van der Waals surface area contributed by atoms with Gasteiger partial charge in [-0.1, -0.05) is 6.07 Å². The Morgan fingerprint density at radius 2 is 2.20 bits per heavy atom. The predicted octanol–water partition coefficient (Wildman–Crippen LogP) is 1.23. The molecule has 2 rings (SSSR count). The van der Waals surface area contributed by atoms with Crippen molar-refractivity contribution in [2.75, 3.05) is 0 Å². The molecule has 2 atom stereocenters. The summed E-state index contributed by atoms with van der Waals surface area (Å²) in [6.07, 6.45) is 0.185. The topological polar surface area (TPSA) is 63.3 Å². The minimum absolute atomic E-state index is 0.168. The summed E-state index contributed by atoms with van der Waals surface area (Å²) in [5, 5.41) is 8.77. The molecule has 15 heavy (non-hydrogen) atoms. The molecule has 0 unspecified atom stereocenters. The van der Waals surface area contributed by atoms with Gasteiger partial charge in [0.2, 0.25) is 0 Å². The number of aliphatic carboxylic acids is 1. The molecule has 3 nitrogen and oxygen atoms in total. The number of benzene rings is 1. The lowest BCUT2D eigenvalue weighted by atomic mass is 10.1. The molecule has 1 aliphatic carbocycles. The van der Waals surface area contributed by atoms with E-state index in [0.717, 1.165) is 12.1 Å². The van der Waals surface area contributed by atoms with Crippen LogP contribution in [0.3, 0.4) is 0 Å². The second-order valence-electron chi connectivity index (χ2n) is 3.77. The number of rotatable bonds is 2. The van der Waals surface area contributed by atoms with Crippen LogP contribution in [0, 0.1) is 11.6 Å². The zero-order valence-corrected chi connectivity index (χ0v) is 7.71. The average Bonchev–Trinajstić information content (AvgIpc) is 2.79. The molecule has 0 aliphatic heterocycles. The number of halogens is 2. The maximum absolute atomic E-state index is 13.3. The second-order valence-corrected chi connectivity index (χ2v) is 3.77. The van der Waals surface area contributed by atoms with E-state index < -0.39 is 29.1 Å². The highest BCUT2D eigenvalue weighted by atomic mass is 19.1. The molecule has 1 saturated carbocycles. The number of nitrogens with two attached hydrogens (primary N) is 1. The van der Waals surface area contributed by atoms with Crippen molar-refractivity contribution in [1.29, 1.82) is 0 Å². The van der Waals surface area contributed by atoms with E-state index in [0.29, 0.717) is 0 Å². The summed E-state index contributed by atoms with van der Waals surface area (Å²) >= 11 is 0. The van der Waals surface area contributed by atoms with E-state index in [-0.39, 0.29) is 12.0 Å². The lowest BCUT2D eigenvalue weighted by Crippen LogP contribution is -2.34. The minimum Gasteiger partial charge on any atom is -0.480 e. The van der Waals surface area contributed by atoms with Gasteiger partial charge in [-0.2, -0.15) is 0 Å². The largest absolute Gasteiger partial charge is 0.480 e. The molecule has 0 bridgehead atoms. The highest BCUT2D eigenvalue weighted by Gasteiger charge is 2.59. The minimum atomic E-state index is -1.39. The molecule has 0 saturated heterocycles. The highest BCUT2D eigenvalue weighted by Crippen LogP contribution is 2.50. The average molecular weight is 213 g/mol. The standard InChI is InChI=1S/C10H9F2NO2/c11-5-1-2-6(8(12)3-5)7-4-10(7,13)9(14)15/h1-3,7H,4,13H2,(H,14,15)/t7-,10+/m0/s1. The van der Waals surface area contributed by atoms with E-state index in [9.17, 15) is 13.6 Å². The van der Waals surface area contributed by atoms with Crippen molar-refractivity contribution in [3.8, 4) is 0 Å². The maximum atomic E-state index is 13.3. The Kier molecular flexibility index (Phi) is 2.01. The molecule has 1 aliphatic rings. The lowest BCUT2D eigenvalue weighted by molar-refractivity contribution is -0.139. The fourth-order valence-electron chi connectivity index (χ4n) is 1.69. The molecule has 0 aromatic heterocycles. The first-order valence-electron chi connectivity index (χ1n) is 4.42. The molecular formula is C10H9F2NO2. The van der Waals surface area contributed by atoms with Crippen molar-refractivity contribution in [3.05, 3.63) is 35.4 Å². The fourth-order valence-corrected chi connectivity index (χ4v) is 1.69. The number of carbonyl (C=O) groups is 1. The van der Waals surface area contributed by atoms with Crippen LogP contribution in [0.5, 0.6) is 0 Å². The molecule has 1 aromatic rings. The van der Waals surface area contributed by atoms with Gasteiger partial charge in [-0.05, 0) is 18.1 Å². The van der Waals surface area contributed by atoms with Gasteiger partial charge >= 0.3 is 5.97 Å². The third-order valence-electron chi connectivity index (χ3n) is 2.74. The molecule has 0 amide bonds. The Bertz CT molecular complexity index is 435. The monoisotopic (exact) mass is 213 g/mol. The van der Waals surface area contributed by atoms with Crippen LogP contribution in [0.25, 0.3) is 0 Å². The van der Waals surface area contributed by atoms with Gasteiger partial charge in [-0.15, -0.1) is 0 Å². The summed E-state index contributed by atoms with van der Waals surface area (Å²) in [4.78, 5) is 10.7. The Morgan fingerprint density at radius 1 is 1.53 bits per heavy atom. The SMILES string of the molecule is N[C@]1(C(=O)O)C[C@H]1c1ccc(F)cc1F. The smallest absolute Gasteiger partial charge is 0.324 e. The van der Waals surface area contributed by atoms with Gasteiger partial charge in [0.05, 0.1) is 0 Å². The van der Waals surface area contributed by atoms with Crippen molar-refractivity contribution < 1.29 is 18.7 Å².